The highest BCUT2D eigenvalue weighted by molar-refractivity contribution is 6.39. The first-order valence-corrected chi connectivity index (χ1v) is 20.8. The number of aliphatic hydroxyl groups is 2. The number of rotatable bonds is 7. The van der Waals surface area contributed by atoms with Crippen LogP contribution in [0.25, 0.3) is 0 Å². The number of nitrogens with zero attached hydrogens (tertiary/aromatic N) is 1. The van der Waals surface area contributed by atoms with Crippen LogP contribution in [0.3, 0.4) is 0 Å². The summed E-state index contributed by atoms with van der Waals surface area (Å²) in [5.41, 5.74) is 1.71. The molecule has 1 amide bonds. The predicted octanol–water partition coefficient (Wildman–Crippen LogP) is 5.67. The van der Waals surface area contributed by atoms with E-state index in [4.69, 9.17) is 23.7 Å². The molecular formula is C44H69NO11. The maximum atomic E-state index is 14.3. The van der Waals surface area contributed by atoms with Gasteiger partial charge in [0.2, 0.25) is 5.79 Å². The lowest BCUT2D eigenvalue weighted by Gasteiger charge is -2.47. The fraction of sp³-hybridized carbons (Fsp3) is 0.773. The van der Waals surface area contributed by atoms with Gasteiger partial charge in [0.15, 0.2) is 0 Å². The third kappa shape index (κ3) is 11.0. The average Bonchev–Trinajstić information content (AvgIpc) is 3.18. The molecule has 3 heterocycles. The molecule has 2 saturated heterocycles. The van der Waals surface area contributed by atoms with Crippen LogP contribution in [0.1, 0.15) is 112 Å². The van der Waals surface area contributed by atoms with E-state index in [2.05, 4.69) is 19.6 Å². The minimum absolute atomic E-state index is 0.0254. The summed E-state index contributed by atoms with van der Waals surface area (Å²) in [6.07, 6.45) is 8.43. The van der Waals surface area contributed by atoms with Crippen LogP contribution in [0.4, 0.5) is 0 Å². The Bertz CT molecular complexity index is 1440. The number of methoxy groups -OCH3 is 3. The molecule has 12 heteroatoms. The summed E-state index contributed by atoms with van der Waals surface area (Å²) in [6, 6.07) is -1.11. The van der Waals surface area contributed by atoms with Crippen molar-refractivity contribution in [3.8, 4) is 0 Å². The second-order valence-corrected chi connectivity index (χ2v) is 17.1. The van der Waals surface area contributed by atoms with Crippen LogP contribution >= 0.6 is 0 Å². The van der Waals surface area contributed by atoms with E-state index in [-0.39, 0.29) is 49.5 Å². The first-order chi connectivity index (χ1) is 26.6. The maximum absolute atomic E-state index is 14.3. The Balaban J connectivity index is 1.78. The van der Waals surface area contributed by atoms with Crippen molar-refractivity contribution >= 4 is 23.4 Å². The van der Waals surface area contributed by atoms with Crippen molar-refractivity contribution in [2.75, 3.05) is 27.9 Å². The van der Waals surface area contributed by atoms with Gasteiger partial charge in [-0.2, -0.15) is 0 Å². The molecule has 0 radical (unpaired) electrons. The van der Waals surface area contributed by atoms with Crippen molar-refractivity contribution in [2.24, 2.45) is 29.6 Å². The smallest absolute Gasteiger partial charge is 0.329 e. The number of carbonyl (C=O) groups is 4. The van der Waals surface area contributed by atoms with Gasteiger partial charge in [-0.15, -0.1) is 6.58 Å². The summed E-state index contributed by atoms with van der Waals surface area (Å²) in [5.74, 6) is -7.33. The molecule has 0 spiro atoms. The Morgan fingerprint density at radius 3 is 2.32 bits per heavy atom. The lowest BCUT2D eigenvalue weighted by Crippen LogP contribution is -2.64. The van der Waals surface area contributed by atoms with Crippen LogP contribution in [0.15, 0.2) is 36.0 Å². The van der Waals surface area contributed by atoms with Crippen molar-refractivity contribution < 1.29 is 53.1 Å². The number of hydrogen-bond donors (Lipinski definition) is 2. The molecule has 3 fully saturated rings. The van der Waals surface area contributed by atoms with Crippen LogP contribution in [0.5, 0.6) is 0 Å². The molecule has 0 aromatic rings. The molecule has 3 aliphatic heterocycles. The van der Waals surface area contributed by atoms with E-state index < -0.39 is 77.8 Å². The Hall–Kier alpha value is -2.74. The number of carbonyl (C=O) groups excluding carboxylic acids is 4. The number of ketones is 2. The fourth-order valence-corrected chi connectivity index (χ4v) is 9.42. The third-order valence-corrected chi connectivity index (χ3v) is 12.8. The van der Waals surface area contributed by atoms with Gasteiger partial charge in [0.1, 0.15) is 24.0 Å². The maximum Gasteiger partial charge on any atom is 0.329 e. The Labute approximate surface area is 334 Å². The van der Waals surface area contributed by atoms with E-state index in [1.54, 1.807) is 27.0 Å². The van der Waals surface area contributed by atoms with Crippen LogP contribution in [0, 0.1) is 29.6 Å². The second kappa shape index (κ2) is 20.8. The van der Waals surface area contributed by atoms with Crippen LogP contribution in [-0.2, 0) is 42.9 Å². The summed E-state index contributed by atoms with van der Waals surface area (Å²) >= 11 is 0. The summed E-state index contributed by atoms with van der Waals surface area (Å²) in [5, 5.41) is 23.7. The first-order valence-electron chi connectivity index (χ1n) is 20.8. The Morgan fingerprint density at radius 1 is 0.964 bits per heavy atom. The summed E-state index contributed by atoms with van der Waals surface area (Å²) in [4.78, 5) is 57.8. The number of piperidine rings is 1. The van der Waals surface area contributed by atoms with Gasteiger partial charge in [0.25, 0.3) is 11.7 Å². The number of ether oxygens (including phenoxy) is 5. The predicted molar refractivity (Wildman–Crippen MR) is 211 cm³/mol. The number of hydrogen-bond acceptors (Lipinski definition) is 11. The van der Waals surface area contributed by atoms with Gasteiger partial charge in [-0.1, -0.05) is 51.0 Å². The fourth-order valence-electron chi connectivity index (χ4n) is 9.42. The van der Waals surface area contributed by atoms with Crippen LogP contribution in [0.2, 0.25) is 0 Å². The zero-order valence-electron chi connectivity index (χ0n) is 35.1. The van der Waals surface area contributed by atoms with E-state index >= 15 is 0 Å². The van der Waals surface area contributed by atoms with Crippen LogP contribution < -0.4 is 0 Å². The topological polar surface area (TPSA) is 158 Å². The SMILES string of the molecule is C=CC[C@@H]1/C=C(\C)C[C@@H](C)C[C@H](OC)[C@@H]2O[C@@](O)(C(=O)C(=O)N3CCCC[C@H]3C(=O)O[C@H](/C(C)=C/[C@@H]3CCC[C@H](OC)C3)[C@H](C)[C@H](O)CC1=O)[C@H](C)C[C@@H]2OC. The zero-order chi connectivity index (χ0) is 41.3. The molecule has 2 bridgehead atoms. The Morgan fingerprint density at radius 2 is 1.66 bits per heavy atom. The number of aliphatic hydroxyl groups excluding tert-OH is 1. The molecule has 0 aromatic heterocycles. The molecule has 1 saturated carbocycles. The van der Waals surface area contributed by atoms with Crippen molar-refractivity contribution in [1.82, 2.24) is 4.90 Å². The molecule has 56 heavy (non-hydrogen) atoms. The monoisotopic (exact) mass is 787 g/mol. The highest BCUT2D eigenvalue weighted by Gasteiger charge is 2.56. The minimum atomic E-state index is -2.49. The standard InChI is InChI=1S/C44H69NO11/c1-10-14-32-20-26(2)19-27(3)21-37(53-8)40-38(54-9)23-29(5)44(51,56-40)41(48)42(49)45-18-12-11-17-34(45)43(50)55-39(30(6)35(46)25-36(32)47)28(4)22-31-15-13-16-33(24-31)52-7/h10,20,22,27,29-35,37-40,46,51H,1,11-19,21,23-25H2,2-9H3/b26-20+,28-22+/t27-,29-,30-,31+,32-,33+,34+,35-,37+,38+,39-,40+,44-/m1/s1. The Kier molecular flexibility index (Phi) is 17.1. The number of esters is 1. The highest BCUT2D eigenvalue weighted by Crippen LogP contribution is 2.39. The van der Waals surface area contributed by atoms with Crippen molar-refractivity contribution in [3.05, 3.63) is 36.0 Å². The molecule has 2 N–H and O–H groups in total. The lowest BCUT2D eigenvalue weighted by molar-refractivity contribution is -0.302. The van der Waals surface area contributed by atoms with E-state index in [1.165, 1.54) is 19.1 Å². The number of Topliss-reactive ketones (excluding diaryl/α,β-unsaturated/α-hetero) is 2. The van der Waals surface area contributed by atoms with Gasteiger partial charge in [0.05, 0.1) is 24.4 Å². The summed E-state index contributed by atoms with van der Waals surface area (Å²) in [6.45, 7) is 13.3. The average molecular weight is 788 g/mol. The molecular weight excluding hydrogens is 718 g/mol. The van der Waals surface area contributed by atoms with E-state index in [0.717, 1.165) is 36.8 Å². The summed E-state index contributed by atoms with van der Waals surface area (Å²) in [7, 11) is 4.78. The number of amides is 1. The zero-order valence-corrected chi connectivity index (χ0v) is 35.1. The van der Waals surface area contributed by atoms with E-state index in [0.29, 0.717) is 32.1 Å². The molecule has 13 atom stereocenters. The molecule has 0 aromatic carbocycles. The van der Waals surface area contributed by atoms with Gasteiger partial charge in [0, 0.05) is 52.0 Å². The highest BCUT2D eigenvalue weighted by atomic mass is 16.7. The molecule has 12 nitrogen and oxygen atoms in total. The number of fused-ring (bicyclic) bond motifs is 3. The lowest BCUT2D eigenvalue weighted by atomic mass is 9.82. The first kappa shape index (κ1) is 46.0. The van der Waals surface area contributed by atoms with E-state index in [1.807, 2.05) is 19.9 Å². The normalized spacial score (nSPS) is 40.1. The van der Waals surface area contributed by atoms with E-state index in [9.17, 15) is 29.4 Å². The van der Waals surface area contributed by atoms with Gasteiger partial charge in [-0.25, -0.2) is 4.79 Å². The number of allylic oxidation sites excluding steroid dienone is 4. The summed E-state index contributed by atoms with van der Waals surface area (Å²) < 4.78 is 29.9. The van der Waals surface area contributed by atoms with Gasteiger partial charge in [-0.05, 0) is 95.5 Å². The quantitative estimate of drug-likeness (QED) is 0.186. The van der Waals surface area contributed by atoms with Gasteiger partial charge >= 0.3 is 5.97 Å². The number of cyclic esters (lactones) is 1. The molecule has 316 valence electrons. The van der Waals surface area contributed by atoms with Crippen molar-refractivity contribution in [1.29, 1.82) is 0 Å². The van der Waals surface area contributed by atoms with Gasteiger partial charge in [-0.3, -0.25) is 14.4 Å². The van der Waals surface area contributed by atoms with Gasteiger partial charge < -0.3 is 38.8 Å². The molecule has 4 aliphatic rings. The third-order valence-electron chi connectivity index (χ3n) is 12.8. The molecule has 1 aliphatic carbocycles. The van der Waals surface area contributed by atoms with Crippen molar-refractivity contribution in [2.45, 2.75) is 160 Å². The van der Waals surface area contributed by atoms with Crippen molar-refractivity contribution in [3.63, 3.8) is 0 Å². The molecule has 0 unspecified atom stereocenters. The minimum Gasteiger partial charge on any atom is -0.456 e. The van der Waals surface area contributed by atoms with Crippen LogP contribution in [-0.4, -0.2) is 115 Å². The largest absolute Gasteiger partial charge is 0.456 e. The second-order valence-electron chi connectivity index (χ2n) is 17.1. The molecule has 4 rings (SSSR count).